The van der Waals surface area contributed by atoms with E-state index in [1.807, 2.05) is 13.8 Å². The van der Waals surface area contributed by atoms with Gasteiger partial charge in [-0.15, -0.1) is 0 Å². The molecule has 1 amide bonds. The van der Waals surface area contributed by atoms with Crippen molar-refractivity contribution in [3.8, 4) is 11.3 Å². The molecule has 2 heterocycles. The lowest BCUT2D eigenvalue weighted by Gasteiger charge is -2.35. The van der Waals surface area contributed by atoms with Gasteiger partial charge in [0.1, 0.15) is 9.84 Å². The van der Waals surface area contributed by atoms with Crippen molar-refractivity contribution < 1.29 is 31.5 Å². The van der Waals surface area contributed by atoms with E-state index in [0.29, 0.717) is 42.8 Å². The van der Waals surface area contributed by atoms with E-state index >= 15 is 0 Å². The summed E-state index contributed by atoms with van der Waals surface area (Å²) in [5, 5.41) is 17.5. The molecule has 0 spiro atoms. The van der Waals surface area contributed by atoms with Crippen LogP contribution < -0.4 is 5.32 Å². The summed E-state index contributed by atoms with van der Waals surface area (Å²) in [7, 11) is -3.20. The monoisotopic (exact) mass is 592 g/mol. The smallest absolute Gasteiger partial charge is 0.388 e. The zero-order valence-electron chi connectivity index (χ0n) is 22.8. The number of carbonyl (C=O) groups is 1. The van der Waals surface area contributed by atoms with Gasteiger partial charge in [-0.05, 0) is 50.7 Å². The van der Waals surface area contributed by atoms with E-state index in [1.165, 1.54) is 12.5 Å². The standard InChI is InChI=1S/C26H36ClF3N4O4S/c1-6-16-12-17(13-24(3,4)26(28,29)30)31-14-19(16)22-20(27)21(33-34(22)7-2)23(35)32-15-25(36)10-8-18(9-11-25)39(5,37)38/h12,14,18,36H,6-11,13,15H2,1-5H3,(H,32,35)/t18-,25+. The Morgan fingerprint density at radius 2 is 1.87 bits per heavy atom. The van der Waals surface area contributed by atoms with Crippen LogP contribution in [0.4, 0.5) is 13.2 Å². The van der Waals surface area contributed by atoms with Crippen LogP contribution in [-0.4, -0.2) is 64.0 Å². The molecule has 1 aliphatic carbocycles. The first-order valence-electron chi connectivity index (χ1n) is 12.9. The van der Waals surface area contributed by atoms with Gasteiger partial charge in [0.15, 0.2) is 5.69 Å². The Bertz CT molecular complexity index is 1320. The molecule has 1 saturated carbocycles. The maximum atomic E-state index is 13.4. The molecule has 0 saturated heterocycles. The second-order valence-corrected chi connectivity index (χ2v) is 13.7. The van der Waals surface area contributed by atoms with Gasteiger partial charge in [0.05, 0.1) is 27.0 Å². The molecule has 0 unspecified atom stereocenters. The third-order valence-corrected chi connectivity index (χ3v) is 9.57. The van der Waals surface area contributed by atoms with Crippen molar-refractivity contribution in [1.82, 2.24) is 20.1 Å². The third-order valence-electron chi connectivity index (χ3n) is 7.53. The largest absolute Gasteiger partial charge is 0.394 e. The van der Waals surface area contributed by atoms with Crippen molar-refractivity contribution in [2.45, 2.75) is 89.8 Å². The van der Waals surface area contributed by atoms with Crippen LogP contribution in [0.25, 0.3) is 11.3 Å². The van der Waals surface area contributed by atoms with E-state index in [2.05, 4.69) is 15.4 Å². The fourth-order valence-corrected chi connectivity index (χ4v) is 6.25. The van der Waals surface area contributed by atoms with Crippen LogP contribution in [0.15, 0.2) is 12.3 Å². The molecule has 0 bridgehead atoms. The Morgan fingerprint density at radius 1 is 1.26 bits per heavy atom. The number of rotatable bonds is 9. The fraction of sp³-hybridized carbons (Fsp3) is 0.654. The predicted molar refractivity (Wildman–Crippen MR) is 143 cm³/mol. The topological polar surface area (TPSA) is 114 Å². The van der Waals surface area contributed by atoms with Crippen LogP contribution >= 0.6 is 11.6 Å². The minimum Gasteiger partial charge on any atom is -0.388 e. The summed E-state index contributed by atoms with van der Waals surface area (Å²) in [5.74, 6) is -0.596. The van der Waals surface area contributed by atoms with Gasteiger partial charge in [0.2, 0.25) is 0 Å². The lowest BCUT2D eigenvalue weighted by Crippen LogP contribution is -2.47. The van der Waals surface area contributed by atoms with Crippen molar-refractivity contribution >= 4 is 27.3 Å². The molecule has 2 N–H and O–H groups in total. The number of amides is 1. The van der Waals surface area contributed by atoms with Crippen molar-refractivity contribution in [3.63, 3.8) is 0 Å². The van der Waals surface area contributed by atoms with Gasteiger partial charge in [-0.3, -0.25) is 14.5 Å². The number of carbonyl (C=O) groups excluding carboxylic acids is 1. The van der Waals surface area contributed by atoms with Crippen LogP contribution in [0.5, 0.6) is 0 Å². The Labute approximate surface area is 232 Å². The van der Waals surface area contributed by atoms with E-state index in [-0.39, 0.29) is 36.5 Å². The predicted octanol–water partition coefficient (Wildman–Crippen LogP) is 4.76. The number of hydrogen-bond acceptors (Lipinski definition) is 6. The fourth-order valence-electron chi connectivity index (χ4n) is 4.84. The summed E-state index contributed by atoms with van der Waals surface area (Å²) < 4.78 is 65.4. The third kappa shape index (κ3) is 6.94. The molecule has 0 aromatic carbocycles. The molecular weight excluding hydrogens is 557 g/mol. The molecule has 3 rings (SSSR count). The summed E-state index contributed by atoms with van der Waals surface area (Å²) in [5.41, 5.74) is -1.21. The molecule has 0 radical (unpaired) electrons. The second-order valence-electron chi connectivity index (χ2n) is 11.0. The zero-order valence-corrected chi connectivity index (χ0v) is 24.4. The summed E-state index contributed by atoms with van der Waals surface area (Å²) in [6.07, 6.45) is -0.437. The Balaban J connectivity index is 1.83. The minimum absolute atomic E-state index is 0.0497. The number of nitrogens with zero attached hydrogens (tertiary/aromatic N) is 3. The first-order valence-corrected chi connectivity index (χ1v) is 15.3. The highest BCUT2D eigenvalue weighted by Gasteiger charge is 2.47. The highest BCUT2D eigenvalue weighted by molar-refractivity contribution is 7.91. The molecule has 2 aromatic heterocycles. The number of nitrogens with one attached hydrogen (secondary N) is 1. The zero-order chi connectivity index (χ0) is 29.4. The molecule has 13 heteroatoms. The number of halogens is 4. The van der Waals surface area contributed by atoms with Crippen molar-refractivity contribution in [3.05, 3.63) is 34.2 Å². The molecule has 39 heavy (non-hydrogen) atoms. The van der Waals surface area contributed by atoms with Crippen LogP contribution in [0.2, 0.25) is 5.02 Å². The number of pyridine rings is 1. The van der Waals surface area contributed by atoms with E-state index < -0.39 is 38.2 Å². The van der Waals surface area contributed by atoms with Crippen molar-refractivity contribution in [1.29, 1.82) is 0 Å². The van der Waals surface area contributed by atoms with Gasteiger partial charge < -0.3 is 10.4 Å². The Morgan fingerprint density at radius 3 is 2.38 bits per heavy atom. The molecular formula is C26H36ClF3N4O4S. The lowest BCUT2D eigenvalue weighted by atomic mass is 9.84. The SMILES string of the molecule is CCc1cc(CC(C)(C)C(F)(F)F)ncc1-c1c(Cl)c(C(=O)NC[C@]2(O)CC[C@@H](S(C)(=O)=O)CC2)nn1CC. The van der Waals surface area contributed by atoms with Crippen molar-refractivity contribution in [2.75, 3.05) is 12.8 Å². The second kappa shape index (κ2) is 11.4. The molecule has 1 aliphatic rings. The number of hydrogen-bond donors (Lipinski definition) is 2. The summed E-state index contributed by atoms with van der Waals surface area (Å²) in [4.78, 5) is 17.3. The Kier molecular flexibility index (Phi) is 9.13. The van der Waals surface area contributed by atoms with Crippen LogP contribution in [0.3, 0.4) is 0 Å². The lowest BCUT2D eigenvalue weighted by molar-refractivity contribution is -0.211. The van der Waals surface area contributed by atoms with Gasteiger partial charge in [-0.2, -0.15) is 18.3 Å². The van der Waals surface area contributed by atoms with Gasteiger partial charge in [-0.25, -0.2) is 8.42 Å². The van der Waals surface area contributed by atoms with Crippen LogP contribution in [0, 0.1) is 5.41 Å². The molecule has 218 valence electrons. The van der Waals surface area contributed by atoms with Crippen LogP contribution in [-0.2, 0) is 29.2 Å². The first-order chi connectivity index (χ1) is 17.9. The van der Waals surface area contributed by atoms with Crippen molar-refractivity contribution in [2.24, 2.45) is 5.41 Å². The number of aryl methyl sites for hydroxylation is 2. The van der Waals surface area contributed by atoms with E-state index in [9.17, 15) is 31.5 Å². The number of aliphatic hydroxyl groups is 1. The molecule has 8 nitrogen and oxygen atoms in total. The minimum atomic E-state index is -4.38. The highest BCUT2D eigenvalue weighted by atomic mass is 35.5. The maximum Gasteiger partial charge on any atom is 0.394 e. The van der Waals surface area contributed by atoms with Gasteiger partial charge in [0.25, 0.3) is 5.91 Å². The summed E-state index contributed by atoms with van der Waals surface area (Å²) >= 11 is 6.65. The van der Waals surface area contributed by atoms with E-state index in [0.717, 1.165) is 19.4 Å². The Hall–Kier alpha value is -2.18. The number of sulfone groups is 1. The van der Waals surface area contributed by atoms with Gasteiger partial charge in [-0.1, -0.05) is 32.4 Å². The van der Waals surface area contributed by atoms with E-state index in [4.69, 9.17) is 11.6 Å². The number of aromatic nitrogens is 3. The van der Waals surface area contributed by atoms with Gasteiger partial charge in [0, 0.05) is 43.2 Å². The first kappa shape index (κ1) is 31.3. The number of alkyl halides is 3. The quantitative estimate of drug-likeness (QED) is 0.434. The molecule has 0 aliphatic heterocycles. The molecule has 0 atom stereocenters. The maximum absolute atomic E-state index is 13.4. The normalized spacial score (nSPS) is 20.7. The average Bonchev–Trinajstić information content (AvgIpc) is 3.17. The molecule has 2 aromatic rings. The highest BCUT2D eigenvalue weighted by Crippen LogP contribution is 2.41. The summed E-state index contributed by atoms with van der Waals surface area (Å²) in [6.45, 7) is 6.23. The molecule has 1 fully saturated rings. The van der Waals surface area contributed by atoms with E-state index in [1.54, 1.807) is 10.7 Å². The van der Waals surface area contributed by atoms with Gasteiger partial charge >= 0.3 is 6.18 Å². The average molecular weight is 593 g/mol. The summed E-state index contributed by atoms with van der Waals surface area (Å²) in [6, 6.07) is 1.63. The van der Waals surface area contributed by atoms with Crippen LogP contribution in [0.1, 0.15) is 75.1 Å².